The second-order valence-electron chi connectivity index (χ2n) is 4.60. The molecule has 0 amide bonds. The van der Waals surface area contributed by atoms with Crippen molar-refractivity contribution in [1.82, 2.24) is 0 Å². The first-order chi connectivity index (χ1) is 6.95. The van der Waals surface area contributed by atoms with E-state index in [0.29, 0.717) is 4.83 Å². The van der Waals surface area contributed by atoms with Crippen LogP contribution >= 0.6 is 15.9 Å². The van der Waals surface area contributed by atoms with Gasteiger partial charge in [-0.1, -0.05) is 48.8 Å². The Bertz CT molecular complexity index is 301. The molecule has 0 radical (unpaired) electrons. The maximum Gasteiger partial charge on any atom is 0.118 e. The minimum atomic E-state index is 0.204. The van der Waals surface area contributed by atoms with Gasteiger partial charge in [0.1, 0.15) is 5.75 Å². The maximum atomic E-state index is 5.15. The summed E-state index contributed by atoms with van der Waals surface area (Å²) in [5.74, 6) is 0.918. The second kappa shape index (κ2) is 5.02. The predicted octanol–water partition coefficient (Wildman–Crippen LogP) is 4.15. The molecule has 0 heterocycles. The molecule has 1 aromatic rings. The Hall–Kier alpha value is -0.500. The van der Waals surface area contributed by atoms with Crippen molar-refractivity contribution in [1.29, 1.82) is 0 Å². The Balaban J connectivity index is 2.85. The van der Waals surface area contributed by atoms with E-state index in [4.69, 9.17) is 4.74 Å². The number of hydrogen-bond donors (Lipinski definition) is 0. The molecule has 1 aromatic carbocycles. The SMILES string of the molecule is COc1ccc(C(C)(C)C[C@H](C)Br)cc1. The van der Waals surface area contributed by atoms with E-state index in [2.05, 4.69) is 48.8 Å². The van der Waals surface area contributed by atoms with Gasteiger partial charge in [-0.25, -0.2) is 0 Å². The Labute approximate surface area is 101 Å². The van der Waals surface area contributed by atoms with Crippen molar-refractivity contribution < 1.29 is 4.74 Å². The molecule has 0 aliphatic carbocycles. The van der Waals surface area contributed by atoms with Gasteiger partial charge in [0, 0.05) is 4.83 Å². The van der Waals surface area contributed by atoms with Crippen LogP contribution in [0.5, 0.6) is 5.75 Å². The lowest BCUT2D eigenvalue weighted by Crippen LogP contribution is -2.20. The number of ether oxygens (including phenoxy) is 1. The van der Waals surface area contributed by atoms with Gasteiger partial charge in [-0.3, -0.25) is 0 Å². The average Bonchev–Trinajstić information content (AvgIpc) is 2.16. The van der Waals surface area contributed by atoms with Gasteiger partial charge in [-0.2, -0.15) is 0 Å². The van der Waals surface area contributed by atoms with Gasteiger partial charge in [-0.05, 0) is 29.5 Å². The monoisotopic (exact) mass is 270 g/mol. The number of hydrogen-bond acceptors (Lipinski definition) is 1. The van der Waals surface area contributed by atoms with Crippen LogP contribution in [0.2, 0.25) is 0 Å². The van der Waals surface area contributed by atoms with E-state index in [1.54, 1.807) is 7.11 Å². The van der Waals surface area contributed by atoms with Crippen LogP contribution in [-0.2, 0) is 5.41 Å². The van der Waals surface area contributed by atoms with E-state index < -0.39 is 0 Å². The first-order valence-electron chi connectivity index (χ1n) is 5.24. The predicted molar refractivity (Wildman–Crippen MR) is 69.0 cm³/mol. The molecule has 0 spiro atoms. The van der Waals surface area contributed by atoms with E-state index in [-0.39, 0.29) is 5.41 Å². The molecule has 0 aliphatic rings. The quantitative estimate of drug-likeness (QED) is 0.747. The molecule has 0 aromatic heterocycles. The van der Waals surface area contributed by atoms with Crippen molar-refractivity contribution in [3.05, 3.63) is 29.8 Å². The Morgan fingerprint density at radius 3 is 2.20 bits per heavy atom. The van der Waals surface area contributed by atoms with E-state index in [1.165, 1.54) is 5.56 Å². The fraction of sp³-hybridized carbons (Fsp3) is 0.538. The Morgan fingerprint density at radius 2 is 1.80 bits per heavy atom. The average molecular weight is 271 g/mol. The molecule has 84 valence electrons. The molecule has 0 aliphatic heterocycles. The molecule has 0 unspecified atom stereocenters. The zero-order valence-electron chi connectivity index (χ0n) is 9.88. The Kier molecular flexibility index (Phi) is 4.21. The highest BCUT2D eigenvalue weighted by atomic mass is 79.9. The minimum absolute atomic E-state index is 0.204. The fourth-order valence-corrected chi connectivity index (χ4v) is 2.67. The molecule has 2 heteroatoms. The van der Waals surface area contributed by atoms with Crippen molar-refractivity contribution in [2.45, 2.75) is 37.4 Å². The smallest absolute Gasteiger partial charge is 0.118 e. The van der Waals surface area contributed by atoms with Crippen LogP contribution in [0, 0.1) is 0 Å². The molecule has 0 bridgehead atoms. The minimum Gasteiger partial charge on any atom is -0.497 e. The summed E-state index contributed by atoms with van der Waals surface area (Å²) in [7, 11) is 1.70. The van der Waals surface area contributed by atoms with Gasteiger partial charge in [0.2, 0.25) is 0 Å². The molecule has 0 saturated carbocycles. The normalized spacial score (nSPS) is 13.7. The topological polar surface area (TPSA) is 9.23 Å². The molecule has 1 nitrogen and oxygen atoms in total. The summed E-state index contributed by atoms with van der Waals surface area (Å²) in [6, 6.07) is 8.34. The summed E-state index contributed by atoms with van der Waals surface area (Å²) >= 11 is 3.61. The summed E-state index contributed by atoms with van der Waals surface area (Å²) in [5.41, 5.74) is 1.56. The second-order valence-corrected chi connectivity index (χ2v) is 6.16. The highest BCUT2D eigenvalue weighted by Gasteiger charge is 2.22. The maximum absolute atomic E-state index is 5.15. The van der Waals surface area contributed by atoms with Crippen molar-refractivity contribution in [3.63, 3.8) is 0 Å². The van der Waals surface area contributed by atoms with E-state index >= 15 is 0 Å². The summed E-state index contributed by atoms with van der Waals surface area (Å²) in [4.78, 5) is 0.537. The highest BCUT2D eigenvalue weighted by Crippen LogP contribution is 2.31. The molecular formula is C13H19BrO. The molecular weight excluding hydrogens is 252 g/mol. The van der Waals surface area contributed by atoms with Gasteiger partial charge in [-0.15, -0.1) is 0 Å². The van der Waals surface area contributed by atoms with Crippen LogP contribution in [0.1, 0.15) is 32.8 Å². The zero-order chi connectivity index (χ0) is 11.5. The molecule has 0 N–H and O–H groups in total. The Morgan fingerprint density at radius 1 is 1.27 bits per heavy atom. The number of halogens is 1. The number of methoxy groups -OCH3 is 1. The fourth-order valence-electron chi connectivity index (χ4n) is 1.86. The standard InChI is InChI=1S/C13H19BrO/c1-10(14)9-13(2,3)11-5-7-12(15-4)8-6-11/h5-8,10H,9H2,1-4H3/t10-/m0/s1. The van der Waals surface area contributed by atoms with Crippen molar-refractivity contribution in [2.75, 3.05) is 7.11 Å². The first kappa shape index (κ1) is 12.6. The van der Waals surface area contributed by atoms with Crippen molar-refractivity contribution in [2.24, 2.45) is 0 Å². The van der Waals surface area contributed by atoms with E-state index in [1.807, 2.05) is 12.1 Å². The zero-order valence-corrected chi connectivity index (χ0v) is 11.5. The summed E-state index contributed by atoms with van der Waals surface area (Å²) in [5, 5.41) is 0. The third kappa shape index (κ3) is 3.53. The first-order valence-corrected chi connectivity index (χ1v) is 6.16. The number of rotatable bonds is 4. The largest absolute Gasteiger partial charge is 0.497 e. The van der Waals surface area contributed by atoms with Crippen LogP contribution in [0.4, 0.5) is 0 Å². The number of benzene rings is 1. The third-order valence-corrected chi connectivity index (χ3v) is 2.99. The summed E-state index contributed by atoms with van der Waals surface area (Å²) in [6.07, 6.45) is 1.12. The molecule has 0 saturated heterocycles. The third-order valence-electron chi connectivity index (χ3n) is 2.66. The van der Waals surface area contributed by atoms with Gasteiger partial charge in [0.05, 0.1) is 7.11 Å². The van der Waals surface area contributed by atoms with Gasteiger partial charge in [0.15, 0.2) is 0 Å². The lowest BCUT2D eigenvalue weighted by Gasteiger charge is -2.26. The van der Waals surface area contributed by atoms with Gasteiger partial charge < -0.3 is 4.74 Å². The van der Waals surface area contributed by atoms with Crippen LogP contribution in [0.15, 0.2) is 24.3 Å². The summed E-state index contributed by atoms with van der Waals surface area (Å²) < 4.78 is 5.15. The van der Waals surface area contributed by atoms with Crippen molar-refractivity contribution in [3.8, 4) is 5.75 Å². The number of alkyl halides is 1. The highest BCUT2D eigenvalue weighted by molar-refractivity contribution is 9.09. The van der Waals surface area contributed by atoms with Crippen molar-refractivity contribution >= 4 is 15.9 Å². The lowest BCUT2D eigenvalue weighted by atomic mass is 9.81. The summed E-state index contributed by atoms with van der Waals surface area (Å²) in [6.45, 7) is 6.73. The lowest BCUT2D eigenvalue weighted by molar-refractivity contribution is 0.413. The van der Waals surface area contributed by atoms with Gasteiger partial charge in [0.25, 0.3) is 0 Å². The van der Waals surface area contributed by atoms with Crippen LogP contribution in [-0.4, -0.2) is 11.9 Å². The van der Waals surface area contributed by atoms with Gasteiger partial charge >= 0.3 is 0 Å². The molecule has 1 atom stereocenters. The molecule has 1 rings (SSSR count). The van der Waals surface area contributed by atoms with Crippen LogP contribution in [0.3, 0.4) is 0 Å². The molecule has 15 heavy (non-hydrogen) atoms. The van der Waals surface area contributed by atoms with E-state index in [0.717, 1.165) is 12.2 Å². The van der Waals surface area contributed by atoms with E-state index in [9.17, 15) is 0 Å². The van der Waals surface area contributed by atoms with Crippen LogP contribution < -0.4 is 4.74 Å². The molecule has 0 fully saturated rings. The van der Waals surface area contributed by atoms with Crippen LogP contribution in [0.25, 0.3) is 0 Å².